The van der Waals surface area contributed by atoms with E-state index in [9.17, 15) is 0 Å². The third kappa shape index (κ3) is 1.65. The maximum absolute atomic E-state index is 4.22. The molecule has 2 aromatic rings. The molecule has 1 aromatic heterocycles. The number of rotatable bonds is 1. The summed E-state index contributed by atoms with van der Waals surface area (Å²) in [5.41, 5.74) is 3.34. The normalized spacial score (nSPS) is 10.3. The van der Waals surface area contributed by atoms with Crippen molar-refractivity contribution in [2.75, 3.05) is 0 Å². The number of aromatic amines is 1. The predicted molar refractivity (Wildman–Crippen MR) is 56.5 cm³/mol. The van der Waals surface area contributed by atoms with Crippen LogP contribution in [-0.2, 0) is 0 Å². The number of hydrogen-bond donors (Lipinski definition) is 1. The fraction of sp³-hybridized carbons (Fsp3) is 0.100. The van der Waals surface area contributed by atoms with E-state index in [0.29, 0.717) is 0 Å². The highest BCUT2D eigenvalue weighted by Crippen LogP contribution is 2.24. The van der Waals surface area contributed by atoms with Crippen molar-refractivity contribution in [3.05, 3.63) is 40.8 Å². The van der Waals surface area contributed by atoms with Crippen molar-refractivity contribution >= 4 is 15.9 Å². The van der Waals surface area contributed by atoms with Gasteiger partial charge in [0.25, 0.3) is 0 Å². The number of aryl methyl sites for hydroxylation is 1. The molecule has 66 valence electrons. The lowest BCUT2D eigenvalue weighted by Crippen LogP contribution is -1.79. The van der Waals surface area contributed by atoms with Crippen molar-refractivity contribution in [2.24, 2.45) is 0 Å². The maximum Gasteiger partial charge on any atom is 0.110 e. The molecule has 3 heteroatoms. The third-order valence-corrected chi connectivity index (χ3v) is 2.49. The Morgan fingerprint density at radius 1 is 1.38 bits per heavy atom. The predicted octanol–water partition coefficient (Wildman–Crippen LogP) is 3.15. The molecule has 0 radical (unpaired) electrons. The Morgan fingerprint density at radius 3 is 2.85 bits per heavy atom. The van der Waals surface area contributed by atoms with E-state index in [2.05, 4.69) is 45.0 Å². The van der Waals surface area contributed by atoms with Crippen LogP contribution in [0.4, 0.5) is 0 Å². The van der Waals surface area contributed by atoms with E-state index in [1.54, 1.807) is 6.33 Å². The summed E-state index contributed by atoms with van der Waals surface area (Å²) in [6.07, 6.45) is 1.68. The van der Waals surface area contributed by atoms with Crippen LogP contribution in [0.2, 0.25) is 0 Å². The van der Waals surface area contributed by atoms with Gasteiger partial charge in [-0.3, -0.25) is 0 Å². The van der Waals surface area contributed by atoms with Gasteiger partial charge in [-0.2, -0.15) is 0 Å². The molecule has 0 spiro atoms. The van der Waals surface area contributed by atoms with E-state index in [0.717, 1.165) is 15.9 Å². The minimum absolute atomic E-state index is 0.929. The Bertz CT molecular complexity index is 420. The standard InChI is InChI=1S/C10H9BrN2/c1-7-3-2-4-8(5-7)9-10(11)13-6-12-9/h2-6H,1H3,(H,12,13). The number of nitrogens with one attached hydrogen (secondary N) is 1. The molecule has 1 heterocycles. The summed E-state index contributed by atoms with van der Waals surface area (Å²) in [5.74, 6) is 0. The summed E-state index contributed by atoms with van der Waals surface area (Å²) in [7, 11) is 0. The quantitative estimate of drug-likeness (QED) is 0.810. The summed E-state index contributed by atoms with van der Waals surface area (Å²) < 4.78 is 0.929. The smallest absolute Gasteiger partial charge is 0.110 e. The van der Waals surface area contributed by atoms with Gasteiger partial charge in [0.1, 0.15) is 10.3 Å². The first-order chi connectivity index (χ1) is 6.27. The summed E-state index contributed by atoms with van der Waals surface area (Å²) in [4.78, 5) is 7.22. The fourth-order valence-corrected chi connectivity index (χ4v) is 1.71. The Hall–Kier alpha value is -1.09. The van der Waals surface area contributed by atoms with Gasteiger partial charge in [0.2, 0.25) is 0 Å². The molecule has 1 N–H and O–H groups in total. The monoisotopic (exact) mass is 236 g/mol. The van der Waals surface area contributed by atoms with Crippen molar-refractivity contribution in [3.63, 3.8) is 0 Å². The van der Waals surface area contributed by atoms with Crippen molar-refractivity contribution in [1.29, 1.82) is 0 Å². The van der Waals surface area contributed by atoms with E-state index in [1.165, 1.54) is 5.56 Å². The Kier molecular flexibility index (Phi) is 2.19. The molecule has 1 aromatic carbocycles. The molecule has 2 rings (SSSR count). The first-order valence-electron chi connectivity index (χ1n) is 4.03. The van der Waals surface area contributed by atoms with Crippen LogP contribution in [0.15, 0.2) is 35.2 Å². The summed E-state index contributed by atoms with van der Waals surface area (Å²) in [5, 5.41) is 0. The van der Waals surface area contributed by atoms with Gasteiger partial charge >= 0.3 is 0 Å². The third-order valence-electron chi connectivity index (χ3n) is 1.88. The molecular formula is C10H9BrN2. The van der Waals surface area contributed by atoms with Crippen molar-refractivity contribution in [3.8, 4) is 11.3 Å². The van der Waals surface area contributed by atoms with Crippen LogP contribution in [0.1, 0.15) is 5.56 Å². The van der Waals surface area contributed by atoms with E-state index >= 15 is 0 Å². The van der Waals surface area contributed by atoms with Crippen molar-refractivity contribution in [2.45, 2.75) is 6.92 Å². The average Bonchev–Trinajstić information content (AvgIpc) is 2.51. The van der Waals surface area contributed by atoms with Gasteiger partial charge < -0.3 is 4.98 Å². The van der Waals surface area contributed by atoms with E-state index in [4.69, 9.17) is 0 Å². The summed E-state index contributed by atoms with van der Waals surface area (Å²) in [6.45, 7) is 2.07. The lowest BCUT2D eigenvalue weighted by atomic mass is 10.1. The average molecular weight is 237 g/mol. The molecule has 0 amide bonds. The maximum atomic E-state index is 4.22. The first kappa shape index (κ1) is 8.51. The number of aromatic nitrogens is 2. The van der Waals surface area contributed by atoms with Crippen LogP contribution in [0.5, 0.6) is 0 Å². The SMILES string of the molecule is Cc1cccc(-c2nc[nH]c2Br)c1. The number of H-pyrrole nitrogens is 1. The summed E-state index contributed by atoms with van der Waals surface area (Å²) >= 11 is 3.41. The number of imidazole rings is 1. The van der Waals surface area contributed by atoms with Crippen molar-refractivity contribution in [1.82, 2.24) is 9.97 Å². The van der Waals surface area contributed by atoms with Crippen LogP contribution in [0, 0.1) is 6.92 Å². The number of halogens is 1. The zero-order chi connectivity index (χ0) is 9.26. The van der Waals surface area contributed by atoms with Gasteiger partial charge in [0, 0.05) is 5.56 Å². The van der Waals surface area contributed by atoms with E-state index < -0.39 is 0 Å². The van der Waals surface area contributed by atoms with Crippen LogP contribution < -0.4 is 0 Å². The molecule has 0 aliphatic heterocycles. The molecule has 0 fully saturated rings. The first-order valence-corrected chi connectivity index (χ1v) is 4.82. The number of benzene rings is 1. The van der Waals surface area contributed by atoms with E-state index in [1.807, 2.05) is 12.1 Å². The second-order valence-corrected chi connectivity index (χ2v) is 3.73. The second kappa shape index (κ2) is 3.34. The van der Waals surface area contributed by atoms with Gasteiger partial charge in [-0.1, -0.05) is 23.8 Å². The van der Waals surface area contributed by atoms with Crippen LogP contribution in [-0.4, -0.2) is 9.97 Å². The zero-order valence-electron chi connectivity index (χ0n) is 7.21. The van der Waals surface area contributed by atoms with Gasteiger partial charge in [-0.25, -0.2) is 4.98 Å². The lowest BCUT2D eigenvalue weighted by Gasteiger charge is -1.98. The Balaban J connectivity index is 2.53. The molecule has 13 heavy (non-hydrogen) atoms. The fourth-order valence-electron chi connectivity index (χ4n) is 1.27. The Morgan fingerprint density at radius 2 is 2.23 bits per heavy atom. The van der Waals surface area contributed by atoms with Crippen LogP contribution >= 0.6 is 15.9 Å². The molecule has 0 bridgehead atoms. The molecule has 0 aliphatic rings. The van der Waals surface area contributed by atoms with Gasteiger partial charge in [0.05, 0.1) is 6.33 Å². The lowest BCUT2D eigenvalue weighted by molar-refractivity contribution is 1.30. The van der Waals surface area contributed by atoms with Gasteiger partial charge in [-0.05, 0) is 28.9 Å². The highest BCUT2D eigenvalue weighted by atomic mass is 79.9. The highest BCUT2D eigenvalue weighted by molar-refractivity contribution is 9.10. The molecule has 0 unspecified atom stereocenters. The molecular weight excluding hydrogens is 228 g/mol. The molecule has 0 aliphatic carbocycles. The zero-order valence-corrected chi connectivity index (χ0v) is 8.80. The summed E-state index contributed by atoms with van der Waals surface area (Å²) in [6, 6.07) is 8.27. The molecule has 0 saturated carbocycles. The molecule has 0 saturated heterocycles. The highest BCUT2D eigenvalue weighted by Gasteiger charge is 2.04. The van der Waals surface area contributed by atoms with Crippen LogP contribution in [0.25, 0.3) is 11.3 Å². The second-order valence-electron chi connectivity index (χ2n) is 2.93. The van der Waals surface area contributed by atoms with E-state index in [-0.39, 0.29) is 0 Å². The van der Waals surface area contributed by atoms with Crippen molar-refractivity contribution < 1.29 is 0 Å². The Labute approximate surface area is 85.1 Å². The molecule has 0 atom stereocenters. The largest absolute Gasteiger partial charge is 0.339 e. The molecule has 2 nitrogen and oxygen atoms in total. The van der Waals surface area contributed by atoms with Gasteiger partial charge in [0.15, 0.2) is 0 Å². The van der Waals surface area contributed by atoms with Gasteiger partial charge in [-0.15, -0.1) is 0 Å². The minimum atomic E-state index is 0.929. The number of nitrogens with zero attached hydrogens (tertiary/aromatic N) is 1. The minimum Gasteiger partial charge on any atom is -0.339 e. The topological polar surface area (TPSA) is 28.7 Å². The number of hydrogen-bond acceptors (Lipinski definition) is 1. The van der Waals surface area contributed by atoms with Crippen LogP contribution in [0.3, 0.4) is 0 Å².